The molecule has 12 heteroatoms. The predicted molar refractivity (Wildman–Crippen MR) is 105 cm³/mol. The van der Waals surface area contributed by atoms with Gasteiger partial charge in [0.15, 0.2) is 17.2 Å². The lowest BCUT2D eigenvalue weighted by Crippen LogP contribution is -2.47. The van der Waals surface area contributed by atoms with Crippen LogP contribution in [0, 0.1) is 17.6 Å². The topological polar surface area (TPSA) is 85.6 Å². The Hall–Kier alpha value is -2.73. The highest BCUT2D eigenvalue weighted by Gasteiger charge is 2.65. The van der Waals surface area contributed by atoms with Crippen LogP contribution in [0.3, 0.4) is 0 Å². The zero-order valence-corrected chi connectivity index (χ0v) is 18.3. The number of nitrogens with zero attached hydrogens (tertiary/aromatic N) is 2. The van der Waals surface area contributed by atoms with E-state index >= 15 is 0 Å². The molecule has 1 saturated heterocycles. The Labute approximate surface area is 186 Å². The number of hydrogen-bond acceptors (Lipinski definition) is 5. The number of hydrogen-bond donors (Lipinski definition) is 2. The molecular weight excluding hydrogens is 453 g/mol. The van der Waals surface area contributed by atoms with Crippen LogP contribution in [0.25, 0.3) is 0 Å². The van der Waals surface area contributed by atoms with Crippen molar-refractivity contribution in [1.82, 2.24) is 15.1 Å². The molecule has 0 unspecified atom stereocenters. The number of methoxy groups -OCH3 is 1. The number of amides is 1. The molecule has 1 aliphatic rings. The normalized spacial score (nSPS) is 26.3. The molecular formula is C21H24F5N3O4. The summed E-state index contributed by atoms with van der Waals surface area (Å²) in [5, 5.41) is 16.5. The van der Waals surface area contributed by atoms with Crippen molar-refractivity contribution in [3.8, 4) is 5.75 Å². The van der Waals surface area contributed by atoms with E-state index in [9.17, 15) is 31.9 Å². The molecule has 3 rings (SSSR count). The van der Waals surface area contributed by atoms with Crippen molar-refractivity contribution in [2.45, 2.75) is 43.8 Å². The summed E-state index contributed by atoms with van der Waals surface area (Å²) < 4.78 is 81.4. The molecule has 1 aromatic heterocycles. The van der Waals surface area contributed by atoms with Gasteiger partial charge in [-0.3, -0.25) is 9.48 Å². The van der Waals surface area contributed by atoms with Gasteiger partial charge in [-0.1, -0.05) is 13.0 Å². The number of aliphatic hydroxyl groups is 1. The summed E-state index contributed by atoms with van der Waals surface area (Å²) in [6.07, 6.45) is -4.86. The van der Waals surface area contributed by atoms with E-state index in [4.69, 9.17) is 9.47 Å². The third-order valence-electron chi connectivity index (χ3n) is 6.15. The summed E-state index contributed by atoms with van der Waals surface area (Å²) in [7, 11) is 2.67. The predicted octanol–water partition coefficient (Wildman–Crippen LogP) is 3.00. The van der Waals surface area contributed by atoms with Crippen LogP contribution in [-0.4, -0.2) is 52.3 Å². The van der Waals surface area contributed by atoms with Crippen LogP contribution in [0.15, 0.2) is 24.5 Å². The first kappa shape index (κ1) is 24.9. The van der Waals surface area contributed by atoms with E-state index in [1.165, 1.54) is 24.0 Å². The summed E-state index contributed by atoms with van der Waals surface area (Å²) in [5.41, 5.74) is -2.50. The number of aliphatic hydroxyl groups excluding tert-OH is 1. The molecule has 182 valence electrons. The average Bonchev–Trinajstić information content (AvgIpc) is 3.30. The Bertz CT molecular complexity index is 1030. The molecule has 0 saturated carbocycles. The third kappa shape index (κ3) is 4.41. The summed E-state index contributed by atoms with van der Waals surface area (Å²) >= 11 is 0. The van der Waals surface area contributed by atoms with E-state index in [1.54, 1.807) is 7.05 Å². The summed E-state index contributed by atoms with van der Waals surface area (Å²) in [4.78, 5) is 12.9. The maximum Gasteiger partial charge on any atom is 0.417 e. The number of carbonyl (C=O) groups excluding carboxylic acids is 1. The molecule has 1 amide bonds. The molecule has 5 atom stereocenters. The Morgan fingerprint density at radius 2 is 2.06 bits per heavy atom. The first-order valence-corrected chi connectivity index (χ1v) is 10.0. The highest BCUT2D eigenvalue weighted by atomic mass is 19.4. The summed E-state index contributed by atoms with van der Waals surface area (Å²) in [6, 6.07) is 1.83. The monoisotopic (exact) mass is 477 g/mol. The summed E-state index contributed by atoms with van der Waals surface area (Å²) in [5.74, 6) is -6.87. The number of aryl methyl sites for hydroxylation is 1. The number of ether oxygens (including phenoxy) is 2. The Balaban J connectivity index is 1.95. The quantitative estimate of drug-likeness (QED) is 0.625. The maximum absolute atomic E-state index is 14.3. The lowest BCUT2D eigenvalue weighted by atomic mass is 9.77. The Morgan fingerprint density at radius 3 is 2.61 bits per heavy atom. The van der Waals surface area contributed by atoms with Gasteiger partial charge in [0.05, 0.1) is 19.4 Å². The molecule has 1 aliphatic heterocycles. The van der Waals surface area contributed by atoms with E-state index in [2.05, 4.69) is 10.4 Å². The van der Waals surface area contributed by atoms with Crippen LogP contribution in [0.1, 0.15) is 37.0 Å². The van der Waals surface area contributed by atoms with E-state index < -0.39 is 59.1 Å². The van der Waals surface area contributed by atoms with Gasteiger partial charge in [-0.2, -0.15) is 22.7 Å². The minimum atomic E-state index is -4.86. The van der Waals surface area contributed by atoms with Crippen LogP contribution in [0.2, 0.25) is 0 Å². The standard InChI is InChI=1S/C21H24F5N3O4/c1-10-15(12-5-6-13(22)16(23)17(12)32-4)18(33-20(10,2)21(24,25)26)19(31)27-8-14(30)11-7-28-29(3)9-11/h5-7,9-10,14-15,18,30H,8H2,1-4H3,(H,27,31)/t10-,14+,15-,18+,20+/m0/s1. The minimum Gasteiger partial charge on any atom is -0.493 e. The smallest absolute Gasteiger partial charge is 0.417 e. The summed E-state index contributed by atoms with van der Waals surface area (Å²) in [6.45, 7) is 1.69. The Kier molecular flexibility index (Phi) is 6.72. The van der Waals surface area contributed by atoms with Gasteiger partial charge in [0.2, 0.25) is 11.7 Å². The van der Waals surface area contributed by atoms with Crippen molar-refractivity contribution in [1.29, 1.82) is 0 Å². The van der Waals surface area contributed by atoms with Crippen LogP contribution in [0.4, 0.5) is 22.0 Å². The van der Waals surface area contributed by atoms with E-state index in [-0.39, 0.29) is 12.1 Å². The van der Waals surface area contributed by atoms with Crippen molar-refractivity contribution in [2.75, 3.05) is 13.7 Å². The van der Waals surface area contributed by atoms with Gasteiger partial charge in [0.1, 0.15) is 6.10 Å². The molecule has 33 heavy (non-hydrogen) atoms. The zero-order valence-electron chi connectivity index (χ0n) is 18.3. The SMILES string of the molecule is COc1c([C@H]2[C@H](C(=O)NC[C@@H](O)c3cnn(C)c3)O[C@@](C)(C(F)(F)F)[C@H]2C)ccc(F)c1F. The minimum absolute atomic E-state index is 0.134. The van der Waals surface area contributed by atoms with E-state index in [0.717, 1.165) is 26.2 Å². The zero-order chi connectivity index (χ0) is 24.7. The number of aromatic nitrogens is 2. The largest absolute Gasteiger partial charge is 0.493 e. The highest BCUT2D eigenvalue weighted by Crippen LogP contribution is 2.54. The fraction of sp³-hybridized carbons (Fsp3) is 0.524. The average molecular weight is 477 g/mol. The lowest BCUT2D eigenvalue weighted by Gasteiger charge is -2.32. The number of nitrogens with one attached hydrogen (secondary N) is 1. The first-order valence-electron chi connectivity index (χ1n) is 10.0. The molecule has 1 aromatic carbocycles. The van der Waals surface area contributed by atoms with Crippen LogP contribution in [-0.2, 0) is 16.6 Å². The van der Waals surface area contributed by atoms with E-state index in [0.29, 0.717) is 5.56 Å². The van der Waals surface area contributed by atoms with Crippen LogP contribution < -0.4 is 10.1 Å². The van der Waals surface area contributed by atoms with Crippen molar-refractivity contribution in [3.63, 3.8) is 0 Å². The molecule has 1 fully saturated rings. The van der Waals surface area contributed by atoms with Gasteiger partial charge >= 0.3 is 6.18 Å². The van der Waals surface area contributed by atoms with Gasteiger partial charge in [-0.05, 0) is 13.0 Å². The lowest BCUT2D eigenvalue weighted by molar-refractivity contribution is -0.272. The van der Waals surface area contributed by atoms with Crippen molar-refractivity contribution < 1.29 is 41.3 Å². The van der Waals surface area contributed by atoms with Crippen molar-refractivity contribution in [2.24, 2.45) is 13.0 Å². The fourth-order valence-corrected chi connectivity index (χ4v) is 4.07. The number of rotatable bonds is 6. The first-order chi connectivity index (χ1) is 15.3. The maximum atomic E-state index is 14.3. The van der Waals surface area contributed by atoms with Gasteiger partial charge in [0.25, 0.3) is 0 Å². The molecule has 2 heterocycles. The number of alkyl halides is 3. The van der Waals surface area contributed by atoms with Crippen molar-refractivity contribution >= 4 is 5.91 Å². The van der Waals surface area contributed by atoms with Gasteiger partial charge in [0, 0.05) is 42.8 Å². The second kappa shape index (κ2) is 8.90. The third-order valence-corrected chi connectivity index (χ3v) is 6.15. The number of halogens is 5. The van der Waals surface area contributed by atoms with Crippen LogP contribution >= 0.6 is 0 Å². The van der Waals surface area contributed by atoms with Gasteiger partial charge in [-0.15, -0.1) is 0 Å². The molecule has 0 radical (unpaired) electrons. The fourth-order valence-electron chi connectivity index (χ4n) is 4.07. The molecule has 0 aliphatic carbocycles. The second-order valence-corrected chi connectivity index (χ2v) is 8.15. The van der Waals surface area contributed by atoms with Gasteiger partial charge < -0.3 is 19.9 Å². The highest BCUT2D eigenvalue weighted by molar-refractivity contribution is 5.83. The Morgan fingerprint density at radius 1 is 1.39 bits per heavy atom. The van der Waals surface area contributed by atoms with Gasteiger partial charge in [-0.25, -0.2) is 4.39 Å². The molecule has 0 bridgehead atoms. The molecule has 0 spiro atoms. The number of carbonyl (C=O) groups is 1. The molecule has 7 nitrogen and oxygen atoms in total. The molecule has 2 N–H and O–H groups in total. The van der Waals surface area contributed by atoms with E-state index in [1.807, 2.05) is 0 Å². The second-order valence-electron chi connectivity index (χ2n) is 8.15. The molecule has 2 aromatic rings. The van der Waals surface area contributed by atoms with Crippen LogP contribution in [0.5, 0.6) is 5.75 Å². The number of benzene rings is 1. The van der Waals surface area contributed by atoms with Crippen molar-refractivity contribution in [3.05, 3.63) is 47.3 Å².